The number of rotatable bonds is 9. The van der Waals surface area contributed by atoms with Crippen molar-refractivity contribution < 1.29 is 27.9 Å². The van der Waals surface area contributed by atoms with Crippen molar-refractivity contribution in [3.05, 3.63) is 58.2 Å². The molecule has 0 spiro atoms. The molecule has 1 saturated carbocycles. The van der Waals surface area contributed by atoms with Gasteiger partial charge < -0.3 is 19.8 Å². The molecule has 1 atom stereocenters. The second kappa shape index (κ2) is 11.9. The largest absolute Gasteiger partial charge is 0.430 e. The van der Waals surface area contributed by atoms with Gasteiger partial charge in [0.15, 0.2) is 0 Å². The molecule has 2 aromatic rings. The second-order valence-electron chi connectivity index (χ2n) is 11.1. The molecule has 1 aliphatic heterocycles. The van der Waals surface area contributed by atoms with Crippen LogP contribution in [0.3, 0.4) is 0 Å². The maximum absolute atomic E-state index is 14.1. The van der Waals surface area contributed by atoms with Gasteiger partial charge in [0.2, 0.25) is 0 Å². The third kappa shape index (κ3) is 6.38. The van der Waals surface area contributed by atoms with Crippen molar-refractivity contribution >= 4 is 29.2 Å². The van der Waals surface area contributed by atoms with Crippen LogP contribution in [0.15, 0.2) is 36.4 Å². The van der Waals surface area contributed by atoms with Crippen LogP contribution in [-0.2, 0) is 10.4 Å². The van der Waals surface area contributed by atoms with Gasteiger partial charge in [-0.3, -0.25) is 9.59 Å². The first-order valence-corrected chi connectivity index (χ1v) is 14.0. The Bertz CT molecular complexity index is 1230. The molecular formula is C29H36ClF3N4O3. The maximum atomic E-state index is 14.1. The number of carbonyl (C=O) groups is 2. The van der Waals surface area contributed by atoms with Gasteiger partial charge in [-0.25, -0.2) is 4.98 Å². The molecule has 1 N–H and O–H groups in total. The number of carbonyl (C=O) groups excluding carboxylic acids is 2. The standard InChI is InChI=1S/C29H36ClF3N4O3/c1-35(2)26(38)23-11-12-24(34-25(23)30)37-16-13-19(14-17-37)6-5-15-36(3)27(39)28(40,29(31,32)33)22-8-4-7-21(18-22)20-9-10-20/h4,7-8,11-12,18-20,40H,5-6,9-10,13-17H2,1-3H3/t28-/m1/s1. The van der Waals surface area contributed by atoms with Gasteiger partial charge in [0.1, 0.15) is 11.0 Å². The summed E-state index contributed by atoms with van der Waals surface area (Å²) in [5, 5.41) is 11.0. The van der Waals surface area contributed by atoms with Crippen LogP contribution >= 0.6 is 11.6 Å². The Morgan fingerprint density at radius 3 is 2.33 bits per heavy atom. The molecule has 1 aromatic carbocycles. The lowest BCUT2D eigenvalue weighted by molar-refractivity contribution is -0.261. The minimum absolute atomic E-state index is 0.109. The Hall–Kier alpha value is -2.85. The van der Waals surface area contributed by atoms with E-state index in [1.54, 1.807) is 32.3 Å². The number of anilines is 1. The van der Waals surface area contributed by atoms with Crippen molar-refractivity contribution in [2.45, 2.75) is 56.2 Å². The molecule has 2 amide bonds. The maximum Gasteiger partial charge on any atom is 0.430 e. The zero-order valence-electron chi connectivity index (χ0n) is 23.0. The van der Waals surface area contributed by atoms with Gasteiger partial charge in [-0.2, -0.15) is 13.2 Å². The summed E-state index contributed by atoms with van der Waals surface area (Å²) >= 11 is 6.26. The highest BCUT2D eigenvalue weighted by Gasteiger charge is 2.61. The summed E-state index contributed by atoms with van der Waals surface area (Å²) in [6.45, 7) is 1.57. The molecule has 1 aromatic heterocycles. The van der Waals surface area contributed by atoms with E-state index < -0.39 is 23.2 Å². The molecule has 4 rings (SSSR count). The van der Waals surface area contributed by atoms with E-state index in [1.807, 2.05) is 0 Å². The number of piperidine rings is 1. The van der Waals surface area contributed by atoms with E-state index in [2.05, 4.69) is 9.88 Å². The van der Waals surface area contributed by atoms with Crippen molar-refractivity contribution in [2.75, 3.05) is 45.7 Å². The third-order valence-corrected chi connectivity index (χ3v) is 8.22. The van der Waals surface area contributed by atoms with E-state index in [0.717, 1.165) is 55.7 Å². The van der Waals surface area contributed by atoms with Gasteiger partial charge in [-0.05, 0) is 68.1 Å². The number of alkyl halides is 3. The van der Waals surface area contributed by atoms with Crippen molar-refractivity contribution in [2.24, 2.45) is 5.92 Å². The lowest BCUT2D eigenvalue weighted by atomic mass is 9.89. The Morgan fingerprint density at radius 2 is 1.75 bits per heavy atom. The van der Waals surface area contributed by atoms with Gasteiger partial charge in [-0.1, -0.05) is 35.9 Å². The van der Waals surface area contributed by atoms with Crippen LogP contribution in [-0.4, -0.2) is 78.7 Å². The number of likely N-dealkylation sites (N-methyl/N-ethyl adjacent to an activating group) is 1. The van der Waals surface area contributed by atoms with Crippen LogP contribution in [0.5, 0.6) is 0 Å². The number of hydrogen-bond acceptors (Lipinski definition) is 5. The van der Waals surface area contributed by atoms with Gasteiger partial charge in [0.05, 0.1) is 5.56 Å². The smallest absolute Gasteiger partial charge is 0.369 e. The average molecular weight is 581 g/mol. The van der Waals surface area contributed by atoms with E-state index in [4.69, 9.17) is 11.6 Å². The molecule has 11 heteroatoms. The topological polar surface area (TPSA) is 77.0 Å². The number of aliphatic hydroxyl groups is 1. The average Bonchev–Trinajstić information content (AvgIpc) is 3.77. The molecule has 0 bridgehead atoms. The first kappa shape index (κ1) is 30.1. The van der Waals surface area contributed by atoms with Crippen molar-refractivity contribution in [3.8, 4) is 0 Å². The van der Waals surface area contributed by atoms with E-state index >= 15 is 0 Å². The fraction of sp³-hybridized carbons (Fsp3) is 0.552. The van der Waals surface area contributed by atoms with Crippen molar-refractivity contribution in [3.63, 3.8) is 0 Å². The monoisotopic (exact) mass is 580 g/mol. The molecule has 2 fully saturated rings. The summed E-state index contributed by atoms with van der Waals surface area (Å²) < 4.78 is 42.4. The van der Waals surface area contributed by atoms with Gasteiger partial charge in [0, 0.05) is 46.3 Å². The summed E-state index contributed by atoms with van der Waals surface area (Å²) in [5.41, 5.74) is -2.95. The number of halogens is 4. The SMILES string of the molecule is CN(C)C(=O)c1ccc(N2CCC(CCCN(C)C(=O)[C@](O)(c3cccc(C4CC4)c3)C(F)(F)F)CC2)nc1Cl. The molecule has 1 saturated heterocycles. The van der Waals surface area contributed by atoms with Crippen LogP contribution in [0, 0.1) is 5.92 Å². The quantitative estimate of drug-likeness (QED) is 0.412. The minimum Gasteiger partial charge on any atom is -0.369 e. The van der Waals surface area contributed by atoms with E-state index in [0.29, 0.717) is 23.7 Å². The molecule has 7 nitrogen and oxygen atoms in total. The Labute approximate surface area is 237 Å². The van der Waals surface area contributed by atoms with Crippen LogP contribution in [0.1, 0.15) is 65.9 Å². The van der Waals surface area contributed by atoms with E-state index in [9.17, 15) is 27.9 Å². The minimum atomic E-state index is -5.15. The Balaban J connectivity index is 1.30. The lowest BCUT2D eigenvalue weighted by Crippen LogP contribution is -2.55. The first-order valence-electron chi connectivity index (χ1n) is 13.6. The van der Waals surface area contributed by atoms with Crippen LogP contribution in [0.25, 0.3) is 0 Å². The normalized spacial score (nSPS) is 17.9. The fourth-order valence-electron chi connectivity index (χ4n) is 5.29. The summed E-state index contributed by atoms with van der Waals surface area (Å²) in [6.07, 6.45) is -0.371. The van der Waals surface area contributed by atoms with Crippen LogP contribution < -0.4 is 4.90 Å². The first-order chi connectivity index (χ1) is 18.8. The summed E-state index contributed by atoms with van der Waals surface area (Å²) in [4.78, 5) is 34.2. The predicted octanol–water partition coefficient (Wildman–Crippen LogP) is 5.22. The molecule has 1 aliphatic carbocycles. The lowest BCUT2D eigenvalue weighted by Gasteiger charge is -2.35. The van der Waals surface area contributed by atoms with Gasteiger partial charge in [0.25, 0.3) is 17.4 Å². The number of aromatic nitrogens is 1. The molecule has 0 radical (unpaired) electrons. The van der Waals surface area contributed by atoms with Gasteiger partial charge in [-0.15, -0.1) is 0 Å². The number of pyridine rings is 1. The molecule has 2 heterocycles. The highest BCUT2D eigenvalue weighted by atomic mass is 35.5. The number of nitrogens with zero attached hydrogens (tertiary/aromatic N) is 4. The zero-order chi connectivity index (χ0) is 29.2. The second-order valence-corrected chi connectivity index (χ2v) is 11.5. The molecule has 40 heavy (non-hydrogen) atoms. The number of amides is 2. The molecule has 2 aliphatic rings. The zero-order valence-corrected chi connectivity index (χ0v) is 23.8. The predicted molar refractivity (Wildman–Crippen MR) is 147 cm³/mol. The molecule has 0 unspecified atom stereocenters. The summed E-state index contributed by atoms with van der Waals surface area (Å²) in [6, 6.07) is 9.17. The Kier molecular flexibility index (Phi) is 8.99. The van der Waals surface area contributed by atoms with Crippen LogP contribution in [0.4, 0.5) is 19.0 Å². The van der Waals surface area contributed by atoms with Gasteiger partial charge >= 0.3 is 6.18 Å². The third-order valence-electron chi connectivity index (χ3n) is 7.93. The van der Waals surface area contributed by atoms with E-state index in [-0.39, 0.29) is 23.5 Å². The van der Waals surface area contributed by atoms with Crippen molar-refractivity contribution in [1.29, 1.82) is 0 Å². The van der Waals surface area contributed by atoms with Crippen LogP contribution in [0.2, 0.25) is 5.15 Å². The van der Waals surface area contributed by atoms with Crippen molar-refractivity contribution in [1.82, 2.24) is 14.8 Å². The Morgan fingerprint density at radius 1 is 1.07 bits per heavy atom. The number of hydrogen-bond donors (Lipinski definition) is 1. The molecule has 218 valence electrons. The molecular weight excluding hydrogens is 545 g/mol. The highest BCUT2D eigenvalue weighted by Crippen LogP contribution is 2.44. The highest BCUT2D eigenvalue weighted by molar-refractivity contribution is 6.32. The van der Waals surface area contributed by atoms with E-state index in [1.165, 1.54) is 30.1 Å². The summed E-state index contributed by atoms with van der Waals surface area (Å²) in [5.74, 6) is -0.340. The summed E-state index contributed by atoms with van der Waals surface area (Å²) in [7, 11) is 4.61. The number of benzene rings is 1. The fourth-order valence-corrected chi connectivity index (χ4v) is 5.52.